The molecule has 8 heteroatoms. The van der Waals surface area contributed by atoms with Gasteiger partial charge in [0, 0.05) is 11.8 Å². The highest BCUT2D eigenvalue weighted by Crippen LogP contribution is 2.21. The Labute approximate surface area is 122 Å². The van der Waals surface area contributed by atoms with Crippen LogP contribution in [-0.2, 0) is 20.3 Å². The van der Waals surface area contributed by atoms with Crippen molar-refractivity contribution >= 4 is 15.8 Å². The molecule has 0 aliphatic heterocycles. The van der Waals surface area contributed by atoms with Crippen LogP contribution in [0.2, 0.25) is 0 Å². The fourth-order valence-corrected chi connectivity index (χ4v) is 2.63. The highest BCUT2D eigenvalue weighted by molar-refractivity contribution is 7.89. The Morgan fingerprint density at radius 3 is 2.48 bits per heavy atom. The van der Waals surface area contributed by atoms with E-state index in [-0.39, 0.29) is 18.1 Å². The van der Waals surface area contributed by atoms with Gasteiger partial charge in [-0.1, -0.05) is 24.3 Å². The first-order chi connectivity index (χ1) is 9.90. The SMILES string of the molecule is CCOC(=O)c1n[nH]nc1-c1ccc(CS(C)(=O)=O)cc1. The zero-order valence-corrected chi connectivity index (χ0v) is 12.5. The Morgan fingerprint density at radius 1 is 1.24 bits per heavy atom. The Bertz CT molecular complexity index is 735. The lowest BCUT2D eigenvalue weighted by atomic mass is 10.1. The van der Waals surface area contributed by atoms with Gasteiger partial charge in [-0.2, -0.15) is 10.3 Å². The second-order valence-electron chi connectivity index (χ2n) is 4.51. The maximum Gasteiger partial charge on any atom is 0.361 e. The zero-order valence-electron chi connectivity index (χ0n) is 11.7. The van der Waals surface area contributed by atoms with Crippen LogP contribution in [0.3, 0.4) is 0 Å². The third-order valence-corrected chi connectivity index (χ3v) is 3.53. The van der Waals surface area contributed by atoms with Crippen LogP contribution in [0.1, 0.15) is 23.0 Å². The zero-order chi connectivity index (χ0) is 15.5. The summed E-state index contributed by atoms with van der Waals surface area (Å²) in [4.78, 5) is 11.7. The summed E-state index contributed by atoms with van der Waals surface area (Å²) < 4.78 is 27.4. The number of aromatic nitrogens is 3. The summed E-state index contributed by atoms with van der Waals surface area (Å²) in [5.74, 6) is -0.585. The maximum absolute atomic E-state index is 11.7. The second kappa shape index (κ2) is 6.04. The fourth-order valence-electron chi connectivity index (χ4n) is 1.84. The summed E-state index contributed by atoms with van der Waals surface area (Å²) >= 11 is 0. The van der Waals surface area contributed by atoms with Gasteiger partial charge < -0.3 is 4.74 Å². The molecule has 0 spiro atoms. The van der Waals surface area contributed by atoms with Crippen LogP contribution < -0.4 is 0 Å². The third kappa shape index (κ3) is 3.88. The quantitative estimate of drug-likeness (QED) is 0.832. The number of rotatable bonds is 5. The molecule has 7 nitrogen and oxygen atoms in total. The van der Waals surface area contributed by atoms with Crippen molar-refractivity contribution in [2.24, 2.45) is 0 Å². The van der Waals surface area contributed by atoms with Crippen molar-refractivity contribution in [1.29, 1.82) is 0 Å². The molecule has 0 amide bonds. The Morgan fingerprint density at radius 2 is 1.90 bits per heavy atom. The molecule has 0 unspecified atom stereocenters. The van der Waals surface area contributed by atoms with Crippen LogP contribution in [0.5, 0.6) is 0 Å². The van der Waals surface area contributed by atoms with Crippen LogP contribution in [0, 0.1) is 0 Å². The highest BCUT2D eigenvalue weighted by Gasteiger charge is 2.19. The van der Waals surface area contributed by atoms with E-state index in [1.807, 2.05) is 0 Å². The molecule has 0 bridgehead atoms. The van der Waals surface area contributed by atoms with Gasteiger partial charge in [0.1, 0.15) is 5.69 Å². The number of sulfone groups is 1. The van der Waals surface area contributed by atoms with Crippen molar-refractivity contribution in [1.82, 2.24) is 15.4 Å². The molecule has 0 saturated carbocycles. The minimum absolute atomic E-state index is 0.0309. The van der Waals surface area contributed by atoms with Crippen molar-refractivity contribution in [3.05, 3.63) is 35.5 Å². The van der Waals surface area contributed by atoms with Gasteiger partial charge in [0.05, 0.1) is 12.4 Å². The molecule has 0 atom stereocenters. The molecule has 1 aromatic carbocycles. The number of nitrogens with zero attached hydrogens (tertiary/aromatic N) is 2. The Kier molecular flexibility index (Phi) is 4.37. The summed E-state index contributed by atoms with van der Waals surface area (Å²) in [7, 11) is -3.08. The number of hydrogen-bond donors (Lipinski definition) is 1. The number of esters is 1. The minimum Gasteiger partial charge on any atom is -0.461 e. The average molecular weight is 309 g/mol. The van der Waals surface area contributed by atoms with E-state index in [0.717, 1.165) is 0 Å². The summed E-state index contributed by atoms with van der Waals surface area (Å²) in [6, 6.07) is 6.75. The Hall–Kier alpha value is -2.22. The minimum atomic E-state index is -3.08. The molecule has 112 valence electrons. The number of H-pyrrole nitrogens is 1. The maximum atomic E-state index is 11.7. The summed E-state index contributed by atoms with van der Waals surface area (Å²) in [5, 5.41) is 10.1. The van der Waals surface area contributed by atoms with E-state index in [4.69, 9.17) is 4.74 Å². The number of benzene rings is 1. The van der Waals surface area contributed by atoms with Crippen molar-refractivity contribution in [2.75, 3.05) is 12.9 Å². The fraction of sp³-hybridized carbons (Fsp3) is 0.308. The van der Waals surface area contributed by atoms with Gasteiger partial charge in [-0.15, -0.1) is 5.10 Å². The molecule has 21 heavy (non-hydrogen) atoms. The molecule has 2 aromatic rings. The first kappa shape index (κ1) is 15.2. The molecule has 0 radical (unpaired) electrons. The van der Waals surface area contributed by atoms with Crippen LogP contribution >= 0.6 is 0 Å². The van der Waals surface area contributed by atoms with Gasteiger partial charge in [-0.3, -0.25) is 0 Å². The monoisotopic (exact) mass is 309 g/mol. The molecule has 0 saturated heterocycles. The number of nitrogens with one attached hydrogen (secondary N) is 1. The molecule has 0 aliphatic rings. The number of carbonyl (C=O) groups excluding carboxylic acids is 1. The van der Waals surface area contributed by atoms with Gasteiger partial charge in [-0.25, -0.2) is 13.2 Å². The predicted octanol–water partition coefficient (Wildman–Crippen LogP) is 1.19. The molecule has 0 aliphatic carbocycles. The van der Waals surface area contributed by atoms with Gasteiger partial charge in [0.15, 0.2) is 15.5 Å². The van der Waals surface area contributed by atoms with Gasteiger partial charge >= 0.3 is 5.97 Å². The molecular formula is C13H15N3O4S. The summed E-state index contributed by atoms with van der Waals surface area (Å²) in [5.41, 5.74) is 1.80. The first-order valence-corrected chi connectivity index (χ1v) is 8.31. The molecule has 1 N–H and O–H groups in total. The lowest BCUT2D eigenvalue weighted by Gasteiger charge is -2.03. The van der Waals surface area contributed by atoms with Gasteiger partial charge in [-0.05, 0) is 12.5 Å². The Balaban J connectivity index is 2.28. The van der Waals surface area contributed by atoms with E-state index in [1.54, 1.807) is 31.2 Å². The second-order valence-corrected chi connectivity index (χ2v) is 6.65. The largest absolute Gasteiger partial charge is 0.461 e. The summed E-state index contributed by atoms with van der Waals surface area (Å²) in [6.07, 6.45) is 1.18. The van der Waals surface area contributed by atoms with E-state index in [2.05, 4.69) is 15.4 Å². The standard InChI is InChI=1S/C13H15N3O4S/c1-3-20-13(17)12-11(14-16-15-12)10-6-4-9(5-7-10)8-21(2,18)19/h4-7H,3,8H2,1-2H3,(H,14,15,16). The average Bonchev–Trinajstić information content (AvgIpc) is 2.87. The van der Waals surface area contributed by atoms with Gasteiger partial charge in [0.25, 0.3) is 0 Å². The molecule has 1 aromatic heterocycles. The normalized spacial score (nSPS) is 11.3. The summed E-state index contributed by atoms with van der Waals surface area (Å²) in [6.45, 7) is 1.95. The first-order valence-electron chi connectivity index (χ1n) is 6.25. The topological polar surface area (TPSA) is 102 Å². The number of aromatic amines is 1. The van der Waals surface area contributed by atoms with E-state index >= 15 is 0 Å². The van der Waals surface area contributed by atoms with Crippen LogP contribution in [-0.4, -0.2) is 42.7 Å². The van der Waals surface area contributed by atoms with E-state index in [1.165, 1.54) is 6.26 Å². The number of carbonyl (C=O) groups is 1. The van der Waals surface area contributed by atoms with Crippen LogP contribution in [0.4, 0.5) is 0 Å². The predicted molar refractivity (Wildman–Crippen MR) is 76.3 cm³/mol. The van der Waals surface area contributed by atoms with Crippen LogP contribution in [0.15, 0.2) is 24.3 Å². The van der Waals surface area contributed by atoms with Crippen molar-refractivity contribution in [3.63, 3.8) is 0 Å². The molecule has 0 fully saturated rings. The van der Waals surface area contributed by atoms with E-state index < -0.39 is 15.8 Å². The third-order valence-electron chi connectivity index (χ3n) is 2.67. The van der Waals surface area contributed by atoms with E-state index in [0.29, 0.717) is 16.8 Å². The van der Waals surface area contributed by atoms with Crippen LogP contribution in [0.25, 0.3) is 11.3 Å². The molecular weight excluding hydrogens is 294 g/mol. The lowest BCUT2D eigenvalue weighted by molar-refractivity contribution is 0.0520. The molecule has 1 heterocycles. The molecule has 2 rings (SSSR count). The highest BCUT2D eigenvalue weighted by atomic mass is 32.2. The smallest absolute Gasteiger partial charge is 0.361 e. The number of hydrogen-bond acceptors (Lipinski definition) is 6. The van der Waals surface area contributed by atoms with Crippen molar-refractivity contribution in [2.45, 2.75) is 12.7 Å². The lowest BCUT2D eigenvalue weighted by Crippen LogP contribution is -2.06. The van der Waals surface area contributed by atoms with Crippen molar-refractivity contribution < 1.29 is 17.9 Å². The van der Waals surface area contributed by atoms with Gasteiger partial charge in [0.2, 0.25) is 0 Å². The van der Waals surface area contributed by atoms with E-state index in [9.17, 15) is 13.2 Å². The number of ether oxygens (including phenoxy) is 1. The van der Waals surface area contributed by atoms with Crippen molar-refractivity contribution in [3.8, 4) is 11.3 Å².